The molecule has 1 atom stereocenters. The first-order valence-electron chi connectivity index (χ1n) is 12.5. The minimum Gasteiger partial charge on any atom is -0.497 e. The Balaban J connectivity index is 1.85. The molecule has 0 saturated carbocycles. The first kappa shape index (κ1) is 28.6. The summed E-state index contributed by atoms with van der Waals surface area (Å²) < 4.78 is 5.39. The Hall–Kier alpha value is -2.96. The maximum Gasteiger partial charge on any atom is 0.243 e. The highest BCUT2D eigenvalue weighted by molar-refractivity contribution is 7.99. The molecule has 0 aliphatic carbocycles. The molecule has 196 valence electrons. The summed E-state index contributed by atoms with van der Waals surface area (Å²) in [5.41, 5.74) is 1.92. The SMILES string of the molecule is COc1cccc(CN(C(=O)CCSc2ccc(Cl)cc2)[C@H](Cc2ccccc2)C(=O)NCC(C)C)c1. The lowest BCUT2D eigenvalue weighted by molar-refractivity contribution is -0.141. The van der Waals surface area contributed by atoms with Gasteiger partial charge in [0.1, 0.15) is 11.8 Å². The number of rotatable bonds is 13. The Morgan fingerprint density at radius 3 is 2.35 bits per heavy atom. The number of hydrogen-bond acceptors (Lipinski definition) is 4. The molecule has 3 aromatic carbocycles. The second-order valence-corrected chi connectivity index (χ2v) is 10.9. The highest BCUT2D eigenvalue weighted by Crippen LogP contribution is 2.23. The van der Waals surface area contributed by atoms with Crippen LogP contribution in [0.1, 0.15) is 31.4 Å². The second kappa shape index (κ2) is 14.7. The molecule has 0 aliphatic rings. The van der Waals surface area contributed by atoms with Crippen LogP contribution in [-0.2, 0) is 22.6 Å². The topological polar surface area (TPSA) is 58.6 Å². The summed E-state index contributed by atoms with van der Waals surface area (Å²) in [6.45, 7) is 4.98. The standard InChI is InChI=1S/C30H35ClN2O3S/c1-22(2)20-32-30(35)28(19-23-8-5-4-6-9-23)33(21-24-10-7-11-26(18-24)36-3)29(34)16-17-37-27-14-12-25(31)13-15-27/h4-15,18,22,28H,16-17,19-21H2,1-3H3,(H,32,35)/t28-/m1/s1. The number of hydrogen-bond donors (Lipinski definition) is 1. The van der Waals surface area contributed by atoms with E-state index in [1.165, 1.54) is 0 Å². The van der Waals surface area contributed by atoms with Gasteiger partial charge in [0.05, 0.1) is 7.11 Å². The highest BCUT2D eigenvalue weighted by Gasteiger charge is 2.30. The zero-order valence-electron chi connectivity index (χ0n) is 21.7. The molecule has 7 heteroatoms. The molecule has 0 spiro atoms. The van der Waals surface area contributed by atoms with E-state index in [4.69, 9.17) is 16.3 Å². The Morgan fingerprint density at radius 2 is 1.68 bits per heavy atom. The molecule has 0 radical (unpaired) electrons. The molecule has 0 heterocycles. The van der Waals surface area contributed by atoms with E-state index in [1.54, 1.807) is 23.8 Å². The van der Waals surface area contributed by atoms with Gasteiger partial charge in [-0.2, -0.15) is 0 Å². The van der Waals surface area contributed by atoms with E-state index in [0.717, 1.165) is 16.0 Å². The van der Waals surface area contributed by atoms with Gasteiger partial charge in [0.15, 0.2) is 0 Å². The van der Waals surface area contributed by atoms with Crippen LogP contribution in [0.3, 0.4) is 0 Å². The van der Waals surface area contributed by atoms with Crippen molar-refractivity contribution in [1.29, 1.82) is 0 Å². The maximum atomic E-state index is 13.7. The number of halogens is 1. The van der Waals surface area contributed by atoms with Crippen molar-refractivity contribution in [2.45, 2.75) is 44.2 Å². The molecular weight excluding hydrogens is 504 g/mol. The summed E-state index contributed by atoms with van der Waals surface area (Å²) in [7, 11) is 1.62. The molecule has 0 fully saturated rings. The maximum absolute atomic E-state index is 13.7. The molecule has 0 unspecified atom stereocenters. The number of ether oxygens (including phenoxy) is 1. The number of benzene rings is 3. The van der Waals surface area contributed by atoms with Crippen molar-refractivity contribution in [2.75, 3.05) is 19.4 Å². The molecule has 0 bridgehead atoms. The molecule has 0 aliphatic heterocycles. The Morgan fingerprint density at radius 1 is 0.973 bits per heavy atom. The van der Waals surface area contributed by atoms with E-state index < -0.39 is 6.04 Å². The average molecular weight is 539 g/mol. The van der Waals surface area contributed by atoms with Crippen molar-refractivity contribution in [3.63, 3.8) is 0 Å². The number of thioether (sulfide) groups is 1. The predicted molar refractivity (Wildman–Crippen MR) is 152 cm³/mol. The quantitative estimate of drug-likeness (QED) is 0.262. The Labute approximate surface area is 229 Å². The first-order valence-corrected chi connectivity index (χ1v) is 13.8. The molecule has 0 aromatic heterocycles. The van der Waals surface area contributed by atoms with E-state index in [-0.39, 0.29) is 11.8 Å². The van der Waals surface area contributed by atoms with Gasteiger partial charge in [-0.05, 0) is 53.4 Å². The number of carbonyl (C=O) groups excluding carboxylic acids is 2. The number of amides is 2. The fraction of sp³-hybridized carbons (Fsp3) is 0.333. The predicted octanol–water partition coefficient (Wildman–Crippen LogP) is 6.24. The lowest BCUT2D eigenvalue weighted by Gasteiger charge is -2.32. The number of methoxy groups -OCH3 is 1. The van der Waals surface area contributed by atoms with Crippen LogP contribution in [0.25, 0.3) is 0 Å². The van der Waals surface area contributed by atoms with E-state index in [2.05, 4.69) is 19.2 Å². The van der Waals surface area contributed by atoms with Crippen molar-refractivity contribution in [1.82, 2.24) is 10.2 Å². The Bertz CT molecular complexity index is 1140. The summed E-state index contributed by atoms with van der Waals surface area (Å²) in [4.78, 5) is 30.0. The molecule has 5 nitrogen and oxygen atoms in total. The van der Waals surface area contributed by atoms with Gasteiger partial charge < -0.3 is 15.0 Å². The summed E-state index contributed by atoms with van der Waals surface area (Å²) in [6, 6.07) is 24.4. The first-order chi connectivity index (χ1) is 17.9. The molecular formula is C30H35ClN2O3S. The fourth-order valence-electron chi connectivity index (χ4n) is 3.87. The monoisotopic (exact) mass is 538 g/mol. The van der Waals surface area contributed by atoms with Crippen LogP contribution in [0.2, 0.25) is 5.02 Å². The molecule has 3 aromatic rings. The molecule has 37 heavy (non-hydrogen) atoms. The van der Waals surface area contributed by atoms with Gasteiger partial charge in [0.2, 0.25) is 11.8 Å². The Kier molecular flexibility index (Phi) is 11.4. The van der Waals surface area contributed by atoms with E-state index >= 15 is 0 Å². The number of nitrogens with one attached hydrogen (secondary N) is 1. The zero-order valence-corrected chi connectivity index (χ0v) is 23.2. The number of nitrogens with zero attached hydrogens (tertiary/aromatic N) is 1. The average Bonchev–Trinajstić information content (AvgIpc) is 2.91. The van der Waals surface area contributed by atoms with E-state index in [0.29, 0.717) is 48.4 Å². The van der Waals surface area contributed by atoms with Gasteiger partial charge in [-0.15, -0.1) is 11.8 Å². The van der Waals surface area contributed by atoms with Crippen LogP contribution in [0.5, 0.6) is 5.75 Å². The normalized spacial score (nSPS) is 11.7. The molecule has 3 rings (SSSR count). The molecule has 2 amide bonds. The van der Waals surface area contributed by atoms with Crippen LogP contribution in [0.4, 0.5) is 0 Å². The summed E-state index contributed by atoms with van der Waals surface area (Å²) in [5.74, 6) is 1.41. The third-order valence-corrected chi connectivity index (χ3v) is 7.11. The van der Waals surface area contributed by atoms with Crippen molar-refractivity contribution in [3.05, 3.63) is 95.0 Å². The zero-order chi connectivity index (χ0) is 26.6. The minimum absolute atomic E-state index is 0.0649. The van der Waals surface area contributed by atoms with Crippen molar-refractivity contribution in [3.8, 4) is 5.75 Å². The van der Waals surface area contributed by atoms with E-state index in [1.807, 2.05) is 78.9 Å². The van der Waals surface area contributed by atoms with Crippen LogP contribution < -0.4 is 10.1 Å². The van der Waals surface area contributed by atoms with Crippen LogP contribution in [0.15, 0.2) is 83.8 Å². The van der Waals surface area contributed by atoms with Gasteiger partial charge in [-0.3, -0.25) is 9.59 Å². The van der Waals surface area contributed by atoms with E-state index in [9.17, 15) is 9.59 Å². The summed E-state index contributed by atoms with van der Waals surface area (Å²) in [5, 5.41) is 3.74. The minimum atomic E-state index is -0.639. The fourth-order valence-corrected chi connectivity index (χ4v) is 4.84. The third-order valence-electron chi connectivity index (χ3n) is 5.84. The van der Waals surface area contributed by atoms with Gasteiger partial charge in [0, 0.05) is 41.6 Å². The van der Waals surface area contributed by atoms with Gasteiger partial charge >= 0.3 is 0 Å². The van der Waals surface area contributed by atoms with Crippen molar-refractivity contribution >= 4 is 35.2 Å². The van der Waals surface area contributed by atoms with Crippen LogP contribution >= 0.6 is 23.4 Å². The lowest BCUT2D eigenvalue weighted by Crippen LogP contribution is -2.51. The van der Waals surface area contributed by atoms with Gasteiger partial charge in [-0.1, -0.05) is 67.9 Å². The van der Waals surface area contributed by atoms with Gasteiger partial charge in [0.25, 0.3) is 0 Å². The molecule has 1 N–H and O–H groups in total. The summed E-state index contributed by atoms with van der Waals surface area (Å²) >= 11 is 7.59. The van der Waals surface area contributed by atoms with Crippen molar-refractivity contribution in [2.24, 2.45) is 5.92 Å². The molecule has 0 saturated heterocycles. The van der Waals surface area contributed by atoms with Crippen LogP contribution in [-0.4, -0.2) is 42.2 Å². The second-order valence-electron chi connectivity index (χ2n) is 9.27. The number of carbonyl (C=O) groups is 2. The third kappa shape index (κ3) is 9.45. The lowest BCUT2D eigenvalue weighted by atomic mass is 10.0. The largest absolute Gasteiger partial charge is 0.497 e. The smallest absolute Gasteiger partial charge is 0.243 e. The van der Waals surface area contributed by atoms with Crippen molar-refractivity contribution < 1.29 is 14.3 Å². The summed E-state index contributed by atoms with van der Waals surface area (Å²) in [6.07, 6.45) is 0.741. The van der Waals surface area contributed by atoms with Crippen LogP contribution in [0, 0.1) is 5.92 Å². The highest BCUT2D eigenvalue weighted by atomic mass is 35.5. The van der Waals surface area contributed by atoms with Gasteiger partial charge in [-0.25, -0.2) is 0 Å².